The standard InChI is InChI=1S/C28H29F2N3O4/c29-28(30,20-5-4-6-21(16-20)32-13-2-1-3-14-32)24(34)11-8-18-7-9-22-19(15-18)17-33(27(22)37)23-10-12-25(35)31-26(23)36/h4-7,9,15-16,23H,1-3,8,10-14,17H2,(H,31,35,36)/i23D. The Labute approximate surface area is 215 Å². The lowest BCUT2D eigenvalue weighted by molar-refractivity contribution is -0.144. The van der Waals surface area contributed by atoms with Crippen LogP contribution in [-0.2, 0) is 33.3 Å². The fourth-order valence-electron chi connectivity index (χ4n) is 5.24. The summed E-state index contributed by atoms with van der Waals surface area (Å²) < 4.78 is 38.8. The number of Topliss-reactive ketones (excluding diaryl/α,β-unsaturated/α-hetero) is 1. The fourth-order valence-corrected chi connectivity index (χ4v) is 5.24. The minimum absolute atomic E-state index is 0.0134. The minimum Gasteiger partial charge on any atom is -0.372 e. The molecule has 3 amide bonds. The first-order valence-electron chi connectivity index (χ1n) is 13.1. The number of carbonyl (C=O) groups excluding carboxylic acids is 4. The SMILES string of the molecule is [2H]C1(N2Cc3cc(CCC(=O)C(F)(F)c4cccc(N5CCCCC5)c4)ccc3C2=O)CCC(=O)NC1=O. The summed E-state index contributed by atoms with van der Waals surface area (Å²) in [6.45, 7) is 1.61. The summed E-state index contributed by atoms with van der Waals surface area (Å²) in [4.78, 5) is 52.6. The lowest BCUT2D eigenvalue weighted by Gasteiger charge is -2.29. The van der Waals surface area contributed by atoms with Crippen LogP contribution in [0.2, 0.25) is 0 Å². The number of fused-ring (bicyclic) bond motifs is 1. The molecular weight excluding hydrogens is 480 g/mol. The predicted molar refractivity (Wildman–Crippen MR) is 132 cm³/mol. The number of imide groups is 1. The maximum absolute atomic E-state index is 15.1. The highest BCUT2D eigenvalue weighted by molar-refractivity contribution is 6.05. The maximum Gasteiger partial charge on any atom is 0.330 e. The van der Waals surface area contributed by atoms with Gasteiger partial charge in [0.1, 0.15) is 6.02 Å². The normalized spacial score (nSPS) is 22.5. The number of alkyl halides is 2. The van der Waals surface area contributed by atoms with Crippen LogP contribution in [0.15, 0.2) is 42.5 Å². The smallest absolute Gasteiger partial charge is 0.330 e. The zero-order valence-electron chi connectivity index (χ0n) is 21.4. The molecule has 0 bridgehead atoms. The number of nitrogens with one attached hydrogen (secondary N) is 1. The van der Waals surface area contributed by atoms with Gasteiger partial charge >= 0.3 is 5.92 Å². The third-order valence-electron chi connectivity index (χ3n) is 7.32. The second kappa shape index (κ2) is 10.0. The van der Waals surface area contributed by atoms with Crippen LogP contribution >= 0.6 is 0 Å². The molecule has 7 nitrogen and oxygen atoms in total. The van der Waals surface area contributed by atoms with Gasteiger partial charge in [0.15, 0.2) is 0 Å². The molecule has 37 heavy (non-hydrogen) atoms. The second-order valence-electron chi connectivity index (χ2n) is 9.80. The van der Waals surface area contributed by atoms with Gasteiger partial charge in [-0.3, -0.25) is 24.5 Å². The van der Waals surface area contributed by atoms with Gasteiger partial charge in [-0.15, -0.1) is 0 Å². The van der Waals surface area contributed by atoms with Gasteiger partial charge in [0.25, 0.3) is 5.91 Å². The number of rotatable bonds is 7. The molecule has 5 rings (SSSR count). The first-order chi connectivity index (χ1) is 18.1. The summed E-state index contributed by atoms with van der Waals surface area (Å²) in [6.07, 6.45) is 2.68. The van der Waals surface area contributed by atoms with Crippen molar-refractivity contribution < 1.29 is 29.3 Å². The highest BCUT2D eigenvalue weighted by atomic mass is 19.3. The number of anilines is 1. The zero-order chi connectivity index (χ0) is 27.1. The van der Waals surface area contributed by atoms with E-state index in [1.165, 1.54) is 18.2 Å². The van der Waals surface area contributed by atoms with Crippen LogP contribution in [-0.4, -0.2) is 47.5 Å². The molecule has 1 atom stereocenters. The molecule has 0 saturated carbocycles. The highest BCUT2D eigenvalue weighted by Crippen LogP contribution is 2.34. The Kier molecular flexibility index (Phi) is 6.44. The summed E-state index contributed by atoms with van der Waals surface area (Å²) in [7, 11) is 0. The number of ketones is 1. The van der Waals surface area contributed by atoms with Crippen molar-refractivity contribution in [3.05, 3.63) is 64.7 Å². The van der Waals surface area contributed by atoms with Crippen LogP contribution in [0.5, 0.6) is 0 Å². The van der Waals surface area contributed by atoms with Crippen molar-refractivity contribution in [1.82, 2.24) is 10.2 Å². The number of halogens is 2. The van der Waals surface area contributed by atoms with Crippen LogP contribution < -0.4 is 10.2 Å². The first-order valence-corrected chi connectivity index (χ1v) is 12.6. The molecule has 1 N–H and O–H groups in total. The summed E-state index contributed by atoms with van der Waals surface area (Å²) in [6, 6.07) is 8.94. The van der Waals surface area contributed by atoms with Crippen molar-refractivity contribution in [3.8, 4) is 0 Å². The molecule has 2 fully saturated rings. The average Bonchev–Trinajstić information content (AvgIpc) is 3.26. The molecular formula is C28H29F2N3O4. The van der Waals surface area contributed by atoms with E-state index in [9.17, 15) is 19.2 Å². The van der Waals surface area contributed by atoms with Crippen LogP contribution in [0, 0.1) is 0 Å². The molecule has 1 unspecified atom stereocenters. The largest absolute Gasteiger partial charge is 0.372 e. The van der Waals surface area contributed by atoms with E-state index in [0.717, 1.165) is 37.3 Å². The number of piperidine rings is 2. The van der Waals surface area contributed by atoms with E-state index in [-0.39, 0.29) is 37.8 Å². The van der Waals surface area contributed by atoms with Gasteiger partial charge < -0.3 is 9.80 Å². The van der Waals surface area contributed by atoms with Crippen LogP contribution in [0.4, 0.5) is 14.5 Å². The lowest BCUT2D eigenvalue weighted by Crippen LogP contribution is -2.52. The highest BCUT2D eigenvalue weighted by Gasteiger charge is 2.41. The third kappa shape index (κ3) is 4.99. The van der Waals surface area contributed by atoms with Gasteiger partial charge in [-0.1, -0.05) is 24.3 Å². The number of benzene rings is 2. The zero-order valence-corrected chi connectivity index (χ0v) is 20.4. The molecule has 0 spiro atoms. The van der Waals surface area contributed by atoms with Crippen LogP contribution in [0.1, 0.15) is 66.9 Å². The van der Waals surface area contributed by atoms with Crippen LogP contribution in [0.3, 0.4) is 0 Å². The summed E-state index contributed by atoms with van der Waals surface area (Å²) >= 11 is 0. The molecule has 3 aliphatic rings. The average molecular weight is 511 g/mol. The summed E-state index contributed by atoms with van der Waals surface area (Å²) in [5.74, 6) is -6.63. The Balaban J connectivity index is 1.26. The number of amides is 3. The molecule has 3 heterocycles. The summed E-state index contributed by atoms with van der Waals surface area (Å²) in [5, 5.41) is 2.12. The van der Waals surface area contributed by atoms with Gasteiger partial charge in [0.2, 0.25) is 17.6 Å². The molecule has 194 valence electrons. The quantitative estimate of drug-likeness (QED) is 0.574. The number of hydrogen-bond acceptors (Lipinski definition) is 5. The Hall–Kier alpha value is -3.62. The fraction of sp³-hybridized carbons (Fsp3) is 0.429. The first kappa shape index (κ1) is 23.8. The maximum atomic E-state index is 15.1. The van der Waals surface area contributed by atoms with E-state index in [2.05, 4.69) is 10.2 Å². The number of nitrogens with zero attached hydrogens (tertiary/aromatic N) is 2. The molecule has 0 aromatic heterocycles. The van der Waals surface area contributed by atoms with E-state index >= 15 is 8.78 Å². The van der Waals surface area contributed by atoms with E-state index in [4.69, 9.17) is 1.37 Å². The Morgan fingerprint density at radius 2 is 1.86 bits per heavy atom. The topological polar surface area (TPSA) is 86.8 Å². The van der Waals surface area contributed by atoms with E-state index < -0.39 is 35.4 Å². The molecule has 2 saturated heterocycles. The Bertz CT molecular complexity index is 1310. The van der Waals surface area contributed by atoms with E-state index in [1.807, 2.05) is 0 Å². The number of carbonyl (C=O) groups is 4. The molecule has 0 radical (unpaired) electrons. The van der Waals surface area contributed by atoms with E-state index in [0.29, 0.717) is 22.4 Å². The van der Waals surface area contributed by atoms with Crippen molar-refractivity contribution in [2.45, 2.75) is 63.4 Å². The number of hydrogen-bond donors (Lipinski definition) is 1. The van der Waals surface area contributed by atoms with Gasteiger partial charge in [0, 0.05) is 49.3 Å². The monoisotopic (exact) mass is 510 g/mol. The molecule has 0 aliphatic carbocycles. The second-order valence-corrected chi connectivity index (χ2v) is 9.80. The molecule has 3 aliphatic heterocycles. The molecule has 2 aromatic carbocycles. The van der Waals surface area contributed by atoms with Crippen molar-refractivity contribution in [3.63, 3.8) is 0 Å². The lowest BCUT2D eigenvalue weighted by atomic mass is 9.97. The van der Waals surface area contributed by atoms with Crippen molar-refractivity contribution in [1.29, 1.82) is 0 Å². The summed E-state index contributed by atoms with van der Waals surface area (Å²) in [5.41, 5.74) is 1.86. The number of aryl methyl sites for hydroxylation is 1. The Morgan fingerprint density at radius 1 is 1.08 bits per heavy atom. The van der Waals surface area contributed by atoms with E-state index in [1.54, 1.807) is 24.3 Å². The van der Waals surface area contributed by atoms with Crippen LogP contribution in [0.25, 0.3) is 0 Å². The van der Waals surface area contributed by atoms with Gasteiger partial charge in [-0.05, 0) is 61.4 Å². The van der Waals surface area contributed by atoms with Gasteiger partial charge in [-0.2, -0.15) is 8.78 Å². The molecule has 9 heteroatoms. The van der Waals surface area contributed by atoms with Crippen molar-refractivity contribution >= 4 is 29.2 Å². The molecule has 2 aromatic rings. The predicted octanol–water partition coefficient (Wildman–Crippen LogP) is 3.73. The Morgan fingerprint density at radius 3 is 2.62 bits per heavy atom. The third-order valence-corrected chi connectivity index (χ3v) is 7.32. The van der Waals surface area contributed by atoms with Gasteiger partial charge in [0.05, 0.1) is 1.37 Å². The van der Waals surface area contributed by atoms with Crippen molar-refractivity contribution in [2.75, 3.05) is 18.0 Å². The minimum atomic E-state index is -3.63. The van der Waals surface area contributed by atoms with Gasteiger partial charge in [-0.25, -0.2) is 0 Å². The van der Waals surface area contributed by atoms with Crippen molar-refractivity contribution in [2.24, 2.45) is 0 Å².